The zero-order valence-electron chi connectivity index (χ0n) is 14.8. The van der Waals surface area contributed by atoms with E-state index < -0.39 is 17.9 Å². The molecule has 1 aromatic heterocycles. The number of ether oxygens (including phenoxy) is 1. The van der Waals surface area contributed by atoms with Gasteiger partial charge in [-0.3, -0.25) is 4.79 Å². The average Bonchev–Trinajstić information content (AvgIpc) is 3.02. The van der Waals surface area contributed by atoms with Crippen LogP contribution in [0.15, 0.2) is 29.6 Å². The maximum absolute atomic E-state index is 12.3. The van der Waals surface area contributed by atoms with Crippen molar-refractivity contribution in [3.8, 4) is 10.6 Å². The number of nitrogens with zero attached hydrogens (tertiary/aromatic N) is 1. The van der Waals surface area contributed by atoms with Gasteiger partial charge in [-0.1, -0.05) is 29.8 Å². The molecule has 2 N–H and O–H groups in total. The second kappa shape index (κ2) is 8.62. The van der Waals surface area contributed by atoms with E-state index in [9.17, 15) is 14.7 Å². The van der Waals surface area contributed by atoms with E-state index in [0.717, 1.165) is 5.56 Å². The highest BCUT2D eigenvalue weighted by molar-refractivity contribution is 7.13. The summed E-state index contributed by atoms with van der Waals surface area (Å²) in [5.74, 6) is -1.65. The van der Waals surface area contributed by atoms with Crippen LogP contribution >= 0.6 is 22.9 Å². The molecule has 0 fully saturated rings. The fourth-order valence-corrected chi connectivity index (χ4v) is 3.23. The molecule has 1 amide bonds. The van der Waals surface area contributed by atoms with Crippen molar-refractivity contribution in [3.63, 3.8) is 0 Å². The molecule has 0 bridgehead atoms. The third-order valence-corrected chi connectivity index (χ3v) is 4.59. The largest absolute Gasteiger partial charge is 0.480 e. The van der Waals surface area contributed by atoms with Gasteiger partial charge in [-0.25, -0.2) is 9.78 Å². The van der Waals surface area contributed by atoms with Crippen molar-refractivity contribution in [1.82, 2.24) is 10.3 Å². The predicted molar refractivity (Wildman–Crippen MR) is 102 cm³/mol. The van der Waals surface area contributed by atoms with Gasteiger partial charge >= 0.3 is 5.97 Å². The zero-order chi connectivity index (χ0) is 19.3. The van der Waals surface area contributed by atoms with Crippen molar-refractivity contribution >= 4 is 34.8 Å². The molecule has 1 aromatic carbocycles. The number of carboxylic acid groups (broad SMARTS) is 1. The average molecular weight is 397 g/mol. The molecule has 0 aliphatic carbocycles. The Kier molecular flexibility index (Phi) is 6.75. The molecular weight excluding hydrogens is 376 g/mol. The number of thiazole rings is 1. The Bertz CT molecular complexity index is 785. The highest BCUT2D eigenvalue weighted by Crippen LogP contribution is 2.30. The molecule has 2 rings (SSSR count). The molecule has 1 unspecified atom stereocenters. The number of aliphatic carboxylic acids is 1. The van der Waals surface area contributed by atoms with E-state index >= 15 is 0 Å². The van der Waals surface area contributed by atoms with Crippen molar-refractivity contribution < 1.29 is 19.4 Å². The number of rotatable bonds is 7. The maximum Gasteiger partial charge on any atom is 0.326 e. The molecule has 1 atom stereocenters. The highest BCUT2D eigenvalue weighted by Gasteiger charge is 2.23. The van der Waals surface area contributed by atoms with Gasteiger partial charge in [0.15, 0.2) is 0 Å². The molecule has 0 saturated carbocycles. The quantitative estimate of drug-likeness (QED) is 0.742. The Morgan fingerprint density at radius 1 is 1.35 bits per heavy atom. The maximum atomic E-state index is 12.3. The third-order valence-electron chi connectivity index (χ3n) is 3.39. The first kappa shape index (κ1) is 20.4. The van der Waals surface area contributed by atoms with Crippen molar-refractivity contribution in [1.29, 1.82) is 0 Å². The number of benzene rings is 1. The molecule has 6 nitrogen and oxygen atoms in total. The predicted octanol–water partition coefficient (Wildman–Crippen LogP) is 3.85. The lowest BCUT2D eigenvalue weighted by molar-refractivity contribution is -0.140. The van der Waals surface area contributed by atoms with Crippen molar-refractivity contribution in [2.24, 2.45) is 0 Å². The summed E-state index contributed by atoms with van der Waals surface area (Å²) in [6.07, 6.45) is 0.167. The van der Waals surface area contributed by atoms with Crippen LogP contribution < -0.4 is 5.32 Å². The lowest BCUT2D eigenvalue weighted by Gasteiger charge is -2.21. The summed E-state index contributed by atoms with van der Waals surface area (Å²) in [4.78, 5) is 28.0. The number of amides is 1. The van der Waals surface area contributed by atoms with E-state index in [1.54, 1.807) is 11.4 Å². The fourth-order valence-electron chi connectivity index (χ4n) is 2.11. The van der Waals surface area contributed by atoms with Gasteiger partial charge in [0, 0.05) is 24.0 Å². The van der Waals surface area contributed by atoms with E-state index in [1.165, 1.54) is 11.3 Å². The second-order valence-corrected chi connectivity index (χ2v) is 7.90. The summed E-state index contributed by atoms with van der Waals surface area (Å²) in [6, 6.07) is 6.15. The van der Waals surface area contributed by atoms with Crippen LogP contribution in [0.3, 0.4) is 0 Å². The molecule has 0 radical (unpaired) electrons. The van der Waals surface area contributed by atoms with E-state index in [0.29, 0.717) is 10.0 Å². The third kappa shape index (κ3) is 5.79. The number of nitrogens with one attached hydrogen (secondary N) is 1. The Balaban J connectivity index is 2.03. The molecule has 0 aliphatic rings. The van der Waals surface area contributed by atoms with Crippen molar-refractivity contribution in [3.05, 3.63) is 40.4 Å². The second-order valence-electron chi connectivity index (χ2n) is 6.63. The van der Waals surface area contributed by atoms with Crippen LogP contribution in [0.2, 0.25) is 5.02 Å². The molecule has 8 heteroatoms. The number of halogens is 1. The van der Waals surface area contributed by atoms with Crippen molar-refractivity contribution in [2.75, 3.05) is 6.61 Å². The van der Waals surface area contributed by atoms with Gasteiger partial charge in [0.25, 0.3) is 5.91 Å². The lowest BCUT2D eigenvalue weighted by atomic mass is 10.1. The van der Waals surface area contributed by atoms with Gasteiger partial charge in [0.2, 0.25) is 0 Å². The van der Waals surface area contributed by atoms with E-state index in [-0.39, 0.29) is 24.3 Å². The molecule has 0 spiro atoms. The first-order chi connectivity index (χ1) is 12.2. The minimum atomic E-state index is -1.11. The summed E-state index contributed by atoms with van der Waals surface area (Å²) >= 11 is 7.42. The number of carbonyl (C=O) groups is 2. The molecule has 1 heterocycles. The molecule has 140 valence electrons. The van der Waals surface area contributed by atoms with E-state index in [1.807, 2.05) is 39.0 Å². The van der Waals surface area contributed by atoms with Crippen LogP contribution in [0.1, 0.15) is 37.7 Å². The normalized spacial score (nSPS) is 12.6. The Hall–Kier alpha value is -1.96. The Labute approximate surface area is 161 Å². The lowest BCUT2D eigenvalue weighted by Crippen LogP contribution is -2.42. The highest BCUT2D eigenvalue weighted by atomic mass is 35.5. The molecule has 26 heavy (non-hydrogen) atoms. The van der Waals surface area contributed by atoms with E-state index in [2.05, 4.69) is 10.3 Å². The minimum Gasteiger partial charge on any atom is -0.480 e. The van der Waals surface area contributed by atoms with Gasteiger partial charge in [-0.15, -0.1) is 11.3 Å². The Morgan fingerprint density at radius 2 is 2.04 bits per heavy atom. The summed E-state index contributed by atoms with van der Waals surface area (Å²) in [6.45, 7) is 5.87. The SMILES string of the molecule is CC(C)(C)OCCC(NC(=O)c1csc(-c2ccccc2Cl)n1)C(=O)O. The van der Waals surface area contributed by atoms with Crippen LogP contribution in [-0.2, 0) is 9.53 Å². The zero-order valence-corrected chi connectivity index (χ0v) is 16.4. The summed E-state index contributed by atoms with van der Waals surface area (Å²) in [7, 11) is 0. The first-order valence-corrected chi connectivity index (χ1v) is 9.31. The van der Waals surface area contributed by atoms with Crippen molar-refractivity contribution in [2.45, 2.75) is 38.8 Å². The molecule has 0 saturated heterocycles. The molecular formula is C18H21ClN2O4S. The summed E-state index contributed by atoms with van der Waals surface area (Å²) in [5.41, 5.74) is 0.519. The summed E-state index contributed by atoms with van der Waals surface area (Å²) in [5, 5.41) is 14.5. The van der Waals surface area contributed by atoms with Crippen LogP contribution in [0, 0.1) is 0 Å². The van der Waals surface area contributed by atoms with Gasteiger partial charge in [-0.2, -0.15) is 0 Å². The number of hydrogen-bond donors (Lipinski definition) is 2. The molecule has 0 aliphatic heterocycles. The molecule has 2 aromatic rings. The number of carbonyl (C=O) groups excluding carboxylic acids is 1. The number of hydrogen-bond acceptors (Lipinski definition) is 5. The monoisotopic (exact) mass is 396 g/mol. The topological polar surface area (TPSA) is 88.5 Å². The number of aromatic nitrogens is 1. The van der Waals surface area contributed by atoms with Crippen LogP contribution in [0.4, 0.5) is 0 Å². The Morgan fingerprint density at radius 3 is 2.65 bits per heavy atom. The fraction of sp³-hybridized carbons (Fsp3) is 0.389. The smallest absolute Gasteiger partial charge is 0.326 e. The van der Waals surface area contributed by atoms with Gasteiger partial charge in [-0.05, 0) is 26.8 Å². The van der Waals surface area contributed by atoms with Crippen LogP contribution in [-0.4, -0.2) is 40.2 Å². The van der Waals surface area contributed by atoms with Crippen LogP contribution in [0.25, 0.3) is 10.6 Å². The van der Waals surface area contributed by atoms with E-state index in [4.69, 9.17) is 16.3 Å². The van der Waals surface area contributed by atoms with Gasteiger partial charge in [0.1, 0.15) is 16.7 Å². The van der Waals surface area contributed by atoms with Gasteiger partial charge in [0.05, 0.1) is 10.6 Å². The summed E-state index contributed by atoms with van der Waals surface area (Å²) < 4.78 is 5.53. The van der Waals surface area contributed by atoms with Gasteiger partial charge < -0.3 is 15.2 Å². The minimum absolute atomic E-state index is 0.160. The first-order valence-electron chi connectivity index (χ1n) is 8.05. The number of carboxylic acids is 1. The standard InChI is InChI=1S/C18H21ClN2O4S/c1-18(2,3)25-9-8-13(17(23)24)20-15(22)14-10-26-16(21-14)11-6-4-5-7-12(11)19/h4-7,10,13H,8-9H2,1-3H3,(H,20,22)(H,23,24). The van der Waals surface area contributed by atoms with Crippen LogP contribution in [0.5, 0.6) is 0 Å².